The van der Waals surface area contributed by atoms with Crippen molar-refractivity contribution >= 4 is 12.1 Å². The van der Waals surface area contributed by atoms with Gasteiger partial charge in [0.25, 0.3) is 0 Å². The van der Waals surface area contributed by atoms with Gasteiger partial charge in [-0.25, -0.2) is 18.4 Å². The number of nitrogens with one attached hydrogen (secondary N) is 1. The molecule has 0 bridgehead atoms. The summed E-state index contributed by atoms with van der Waals surface area (Å²) in [5.41, 5.74) is -2.30. The number of alkyl carbamates (subject to hydrolysis) is 1. The smallest absolute Gasteiger partial charge is 0.408 e. The number of amides is 1. The Kier molecular flexibility index (Phi) is 5.71. The van der Waals surface area contributed by atoms with E-state index in [0.29, 0.717) is 0 Å². The number of hydrogen-bond donors (Lipinski definition) is 2. The third-order valence-corrected chi connectivity index (χ3v) is 2.31. The molecule has 19 heavy (non-hydrogen) atoms. The number of rotatable bonds is 5. The fraction of sp³-hybridized carbons (Fsp3) is 0.833. The number of carboxylic acid groups (broad SMARTS) is 1. The second-order valence-corrected chi connectivity index (χ2v) is 6.03. The van der Waals surface area contributed by atoms with Crippen LogP contribution >= 0.6 is 0 Å². The Labute approximate surface area is 111 Å². The van der Waals surface area contributed by atoms with E-state index < -0.39 is 35.5 Å². The highest BCUT2D eigenvalue weighted by Gasteiger charge is 2.36. The maximum atomic E-state index is 12.7. The van der Waals surface area contributed by atoms with Crippen LogP contribution in [-0.4, -0.2) is 35.2 Å². The monoisotopic (exact) mass is 281 g/mol. The predicted octanol–water partition coefficient (Wildman–Crippen LogP) is 2.65. The van der Waals surface area contributed by atoms with Gasteiger partial charge < -0.3 is 15.2 Å². The van der Waals surface area contributed by atoms with Gasteiger partial charge in [0, 0.05) is 5.41 Å². The molecule has 0 aromatic heterocycles. The van der Waals surface area contributed by atoms with Crippen molar-refractivity contribution in [1.82, 2.24) is 5.32 Å². The Morgan fingerprint density at radius 1 is 1.21 bits per heavy atom. The van der Waals surface area contributed by atoms with Gasteiger partial charge in [0.1, 0.15) is 11.6 Å². The number of hydrogen-bond acceptors (Lipinski definition) is 3. The van der Waals surface area contributed by atoms with E-state index in [1.807, 2.05) is 0 Å². The quantitative estimate of drug-likeness (QED) is 0.812. The van der Waals surface area contributed by atoms with E-state index >= 15 is 0 Å². The van der Waals surface area contributed by atoms with Gasteiger partial charge in [-0.05, 0) is 27.2 Å². The summed E-state index contributed by atoms with van der Waals surface area (Å²) in [5.74, 6) is -1.38. The maximum absolute atomic E-state index is 12.7. The summed E-state index contributed by atoms with van der Waals surface area (Å²) in [6.45, 7) is 7.33. The molecular weight excluding hydrogens is 260 g/mol. The molecule has 0 saturated heterocycles. The molecule has 0 spiro atoms. The zero-order valence-electron chi connectivity index (χ0n) is 11.8. The molecular formula is C12H21F2NO4. The minimum absolute atomic E-state index is 0.390. The van der Waals surface area contributed by atoms with Crippen molar-refractivity contribution in [2.45, 2.75) is 59.1 Å². The molecule has 0 saturated carbocycles. The van der Waals surface area contributed by atoms with Crippen LogP contribution in [-0.2, 0) is 9.53 Å². The second kappa shape index (κ2) is 6.16. The molecule has 0 aromatic rings. The van der Waals surface area contributed by atoms with Crippen molar-refractivity contribution < 1.29 is 28.2 Å². The largest absolute Gasteiger partial charge is 0.480 e. The van der Waals surface area contributed by atoms with E-state index in [1.165, 1.54) is 13.8 Å². The van der Waals surface area contributed by atoms with E-state index in [-0.39, 0.29) is 6.42 Å². The lowest BCUT2D eigenvalue weighted by Crippen LogP contribution is -2.46. The summed E-state index contributed by atoms with van der Waals surface area (Å²) in [5, 5.41) is 11.0. The van der Waals surface area contributed by atoms with Crippen LogP contribution in [0, 0.1) is 5.41 Å². The number of carboxylic acids is 1. The number of halogens is 2. The lowest BCUT2D eigenvalue weighted by atomic mass is 9.86. The van der Waals surface area contributed by atoms with Crippen LogP contribution in [0.5, 0.6) is 0 Å². The standard InChI is InChI=1S/C12H21F2NO4/c1-11(2,3)19-10(18)15-7(8(16)17)6-12(4,5)9(13)14/h7,9H,6H2,1-5H3,(H,15,18)(H,16,17)/t7-/m0/s1. The van der Waals surface area contributed by atoms with Gasteiger partial charge in [0.15, 0.2) is 0 Å². The van der Waals surface area contributed by atoms with Gasteiger partial charge in [0.05, 0.1) is 0 Å². The van der Waals surface area contributed by atoms with Crippen LogP contribution < -0.4 is 5.32 Å². The van der Waals surface area contributed by atoms with Crippen molar-refractivity contribution in [3.05, 3.63) is 0 Å². The van der Waals surface area contributed by atoms with Gasteiger partial charge in [-0.1, -0.05) is 13.8 Å². The molecule has 1 amide bonds. The molecule has 0 unspecified atom stereocenters. The zero-order valence-corrected chi connectivity index (χ0v) is 11.8. The van der Waals surface area contributed by atoms with Gasteiger partial charge in [-0.3, -0.25) is 0 Å². The molecule has 0 aliphatic carbocycles. The van der Waals surface area contributed by atoms with Gasteiger partial charge >= 0.3 is 12.1 Å². The summed E-state index contributed by atoms with van der Waals surface area (Å²) in [4.78, 5) is 22.4. The van der Waals surface area contributed by atoms with Crippen molar-refractivity contribution in [2.24, 2.45) is 5.41 Å². The van der Waals surface area contributed by atoms with Crippen LogP contribution in [0.25, 0.3) is 0 Å². The van der Waals surface area contributed by atoms with Crippen LogP contribution in [0.1, 0.15) is 41.0 Å². The topological polar surface area (TPSA) is 75.6 Å². The predicted molar refractivity (Wildman–Crippen MR) is 65.2 cm³/mol. The van der Waals surface area contributed by atoms with Crippen molar-refractivity contribution in [1.29, 1.82) is 0 Å². The second-order valence-electron chi connectivity index (χ2n) is 6.03. The number of carbonyl (C=O) groups is 2. The fourth-order valence-corrected chi connectivity index (χ4v) is 1.27. The van der Waals surface area contributed by atoms with Crippen molar-refractivity contribution in [3.8, 4) is 0 Å². The molecule has 112 valence electrons. The Morgan fingerprint density at radius 2 is 1.68 bits per heavy atom. The Hall–Kier alpha value is -1.40. The highest BCUT2D eigenvalue weighted by Crippen LogP contribution is 2.30. The molecule has 7 heteroatoms. The molecule has 0 aliphatic rings. The minimum atomic E-state index is -2.69. The molecule has 0 rings (SSSR count). The van der Waals surface area contributed by atoms with Gasteiger partial charge in [0.2, 0.25) is 6.43 Å². The summed E-state index contributed by atoms with van der Waals surface area (Å²) >= 11 is 0. The zero-order chi connectivity index (χ0) is 15.4. The fourth-order valence-electron chi connectivity index (χ4n) is 1.27. The first-order chi connectivity index (χ1) is 8.35. The van der Waals surface area contributed by atoms with Crippen LogP contribution in [0.3, 0.4) is 0 Å². The summed E-state index contributed by atoms with van der Waals surface area (Å²) < 4.78 is 30.3. The minimum Gasteiger partial charge on any atom is -0.480 e. The van der Waals surface area contributed by atoms with Gasteiger partial charge in [-0.15, -0.1) is 0 Å². The van der Waals surface area contributed by atoms with Crippen LogP contribution in [0.2, 0.25) is 0 Å². The lowest BCUT2D eigenvalue weighted by molar-refractivity contribution is -0.141. The summed E-state index contributed by atoms with van der Waals surface area (Å²) in [6.07, 6.45) is -4.01. The van der Waals surface area contributed by atoms with Crippen molar-refractivity contribution in [2.75, 3.05) is 0 Å². The number of ether oxygens (including phenoxy) is 1. The first-order valence-electron chi connectivity index (χ1n) is 5.85. The normalized spacial score (nSPS) is 14.1. The van der Waals surface area contributed by atoms with Gasteiger partial charge in [-0.2, -0.15) is 0 Å². The molecule has 0 fully saturated rings. The molecule has 0 aliphatic heterocycles. The lowest BCUT2D eigenvalue weighted by Gasteiger charge is -2.28. The maximum Gasteiger partial charge on any atom is 0.408 e. The Balaban J connectivity index is 4.69. The number of carbonyl (C=O) groups excluding carboxylic acids is 1. The summed E-state index contributed by atoms with van der Waals surface area (Å²) in [7, 11) is 0. The molecule has 0 heterocycles. The first-order valence-corrected chi connectivity index (χ1v) is 5.85. The highest BCUT2D eigenvalue weighted by atomic mass is 19.3. The average Bonchev–Trinajstić information content (AvgIpc) is 2.12. The molecule has 1 atom stereocenters. The molecule has 2 N–H and O–H groups in total. The molecule has 0 radical (unpaired) electrons. The SMILES string of the molecule is CC(C)(C)OC(=O)N[C@@H](CC(C)(C)C(F)F)C(=O)O. The average molecular weight is 281 g/mol. The van der Waals surface area contributed by atoms with E-state index in [2.05, 4.69) is 5.32 Å². The number of aliphatic carboxylic acids is 1. The van der Waals surface area contributed by atoms with E-state index in [9.17, 15) is 18.4 Å². The Bertz CT molecular complexity index is 337. The highest BCUT2D eigenvalue weighted by molar-refractivity contribution is 5.80. The van der Waals surface area contributed by atoms with Crippen LogP contribution in [0.4, 0.5) is 13.6 Å². The van der Waals surface area contributed by atoms with E-state index in [0.717, 1.165) is 0 Å². The molecule has 0 aromatic carbocycles. The van der Waals surface area contributed by atoms with E-state index in [4.69, 9.17) is 9.84 Å². The number of alkyl halides is 2. The Morgan fingerprint density at radius 3 is 2.00 bits per heavy atom. The van der Waals surface area contributed by atoms with E-state index in [1.54, 1.807) is 20.8 Å². The third kappa shape index (κ3) is 6.93. The molecule has 5 nitrogen and oxygen atoms in total. The first kappa shape index (κ1) is 17.6. The van der Waals surface area contributed by atoms with Crippen LogP contribution in [0.15, 0.2) is 0 Å². The third-order valence-electron chi connectivity index (χ3n) is 2.31. The summed E-state index contributed by atoms with van der Waals surface area (Å²) in [6, 6.07) is -1.42. The van der Waals surface area contributed by atoms with Crippen molar-refractivity contribution in [3.63, 3.8) is 0 Å².